The third kappa shape index (κ3) is 8.29. The van der Waals surface area contributed by atoms with Crippen molar-refractivity contribution in [1.29, 1.82) is 0 Å². The van der Waals surface area contributed by atoms with Crippen molar-refractivity contribution in [3.05, 3.63) is 60.2 Å². The number of H-pyrrole nitrogens is 2. The molecular weight excluding hydrogens is 715 g/mol. The maximum atomic E-state index is 13.6. The summed E-state index contributed by atoms with van der Waals surface area (Å²) in [5, 5.41) is 2.69. The number of likely N-dealkylation sites (tertiary alicyclic amines) is 1. The van der Waals surface area contributed by atoms with Gasteiger partial charge >= 0.3 is 12.1 Å². The van der Waals surface area contributed by atoms with Crippen molar-refractivity contribution < 1.29 is 33.4 Å². The summed E-state index contributed by atoms with van der Waals surface area (Å²) in [5.74, 6) is 0.838. The second-order valence-electron chi connectivity index (χ2n) is 15.3. The minimum absolute atomic E-state index is 0.0204. The number of aromatic amines is 2. The molecule has 2 aliphatic heterocycles. The number of hydrogen-bond donors (Lipinski definition) is 3. The number of esters is 1. The quantitative estimate of drug-likeness (QED) is 0.130. The van der Waals surface area contributed by atoms with Crippen LogP contribution < -0.4 is 15.0 Å². The van der Waals surface area contributed by atoms with Gasteiger partial charge in [0.1, 0.15) is 17.6 Å². The number of methoxy groups -OCH3 is 2. The fourth-order valence-electron chi connectivity index (χ4n) is 7.55. The molecule has 2 aliphatic rings. The zero-order valence-corrected chi connectivity index (χ0v) is 33.5. The summed E-state index contributed by atoms with van der Waals surface area (Å²) in [6.07, 6.45) is 3.44. The van der Waals surface area contributed by atoms with Crippen molar-refractivity contribution in [1.82, 2.24) is 30.2 Å². The van der Waals surface area contributed by atoms with E-state index in [9.17, 15) is 19.2 Å². The molecule has 6 rings (SSSR count). The molecule has 1 unspecified atom stereocenters. The van der Waals surface area contributed by atoms with Crippen LogP contribution in [0.2, 0.25) is 0 Å². The van der Waals surface area contributed by atoms with Crippen molar-refractivity contribution in [2.75, 3.05) is 39.3 Å². The zero-order valence-electron chi connectivity index (χ0n) is 33.5. The van der Waals surface area contributed by atoms with Crippen molar-refractivity contribution in [3.63, 3.8) is 0 Å². The number of benzene rings is 2. The summed E-state index contributed by atoms with van der Waals surface area (Å²) < 4.78 is 15.8. The number of nitrogens with zero attached hydrogens (tertiary/aromatic N) is 4. The number of anilines is 1. The highest BCUT2D eigenvalue weighted by atomic mass is 16.5. The van der Waals surface area contributed by atoms with Crippen LogP contribution in [0.15, 0.2) is 48.7 Å². The Balaban J connectivity index is 1.16. The van der Waals surface area contributed by atoms with E-state index >= 15 is 0 Å². The first kappa shape index (κ1) is 40.0. The largest absolute Gasteiger partial charge is 0.492 e. The second kappa shape index (κ2) is 17.0. The van der Waals surface area contributed by atoms with Crippen LogP contribution in [0.1, 0.15) is 71.4 Å². The standard InChI is InChI=1S/C42H53N7O7/c1-23(2)30(21-35(50)54-7)38(51)25(5)48(6)41-45-31-17-19-56-34-20-28(15-16-29(34)37(31)46-41)26-11-13-27(14-12-26)32-22-43-39(44-32)33-10-9-18-49(33)40(52)36(24(3)4)47-42(53)55-8/h11-16,20,22-25,30,33,36H,9-10,17-19,21H2,1-8H3,(H,43,44)(H,45,46)(H,47,53)/t25?,30-,33-,36-/m0/s1. The van der Waals surface area contributed by atoms with Gasteiger partial charge in [-0.05, 0) is 60.4 Å². The number of hydrogen-bond acceptors (Lipinski definition) is 10. The maximum Gasteiger partial charge on any atom is 0.407 e. The van der Waals surface area contributed by atoms with Gasteiger partial charge in [-0.15, -0.1) is 0 Å². The van der Waals surface area contributed by atoms with Gasteiger partial charge in [0.05, 0.1) is 56.9 Å². The number of fused-ring (bicyclic) bond motifs is 3. The highest BCUT2D eigenvalue weighted by Gasteiger charge is 2.38. The average molecular weight is 768 g/mol. The number of amides is 2. The lowest BCUT2D eigenvalue weighted by Gasteiger charge is -2.30. The molecule has 14 nitrogen and oxygen atoms in total. The first-order valence-electron chi connectivity index (χ1n) is 19.3. The molecule has 2 amide bonds. The van der Waals surface area contributed by atoms with E-state index in [1.54, 1.807) is 11.1 Å². The minimum atomic E-state index is -0.695. The highest BCUT2D eigenvalue weighted by molar-refractivity contribution is 5.91. The number of rotatable bonds is 13. The van der Waals surface area contributed by atoms with Gasteiger partial charge in [0.15, 0.2) is 5.78 Å². The van der Waals surface area contributed by atoms with Crippen LogP contribution in [0.5, 0.6) is 5.75 Å². The fraction of sp³-hybridized carbons (Fsp3) is 0.476. The van der Waals surface area contributed by atoms with Gasteiger partial charge in [0, 0.05) is 37.2 Å². The maximum absolute atomic E-state index is 13.6. The SMILES string of the molecule is COC(=O)C[C@H](C(=O)C(C)N(C)c1nc2c([nH]1)CCOc1cc(-c3ccc(-c4cnc([C@@H]5CCCN5C(=O)[C@@H](NC(=O)OC)C(C)C)[nH]4)cc3)ccc1-2)C(C)C. The lowest BCUT2D eigenvalue weighted by Crippen LogP contribution is -2.51. The van der Waals surface area contributed by atoms with Crippen LogP contribution in [0.4, 0.5) is 10.7 Å². The van der Waals surface area contributed by atoms with Crippen LogP contribution in [0, 0.1) is 17.8 Å². The molecule has 56 heavy (non-hydrogen) atoms. The van der Waals surface area contributed by atoms with Gasteiger partial charge in [0.2, 0.25) is 11.9 Å². The van der Waals surface area contributed by atoms with E-state index in [4.69, 9.17) is 19.2 Å². The Morgan fingerprint density at radius 1 is 0.964 bits per heavy atom. The van der Waals surface area contributed by atoms with Gasteiger partial charge in [-0.1, -0.05) is 58.0 Å². The summed E-state index contributed by atoms with van der Waals surface area (Å²) in [6, 6.07) is 12.9. The van der Waals surface area contributed by atoms with Crippen LogP contribution in [0.3, 0.4) is 0 Å². The number of carbonyl (C=O) groups excluding carboxylic acids is 4. The average Bonchev–Trinajstić information content (AvgIpc) is 3.96. The smallest absolute Gasteiger partial charge is 0.407 e. The van der Waals surface area contributed by atoms with E-state index in [0.29, 0.717) is 31.3 Å². The third-order valence-electron chi connectivity index (χ3n) is 11.1. The first-order chi connectivity index (χ1) is 26.8. The number of carbonyl (C=O) groups is 4. The Labute approximate surface area is 327 Å². The van der Waals surface area contributed by atoms with Crippen LogP contribution >= 0.6 is 0 Å². The molecular formula is C42H53N7O7. The molecule has 1 fully saturated rings. The molecule has 0 aliphatic carbocycles. The number of imidazole rings is 2. The summed E-state index contributed by atoms with van der Waals surface area (Å²) in [5.41, 5.74) is 6.38. The van der Waals surface area contributed by atoms with Crippen LogP contribution in [0.25, 0.3) is 33.6 Å². The van der Waals surface area contributed by atoms with Gasteiger partial charge < -0.3 is 39.3 Å². The Kier molecular flexibility index (Phi) is 12.2. The fourth-order valence-corrected chi connectivity index (χ4v) is 7.55. The molecule has 0 saturated carbocycles. The van der Waals surface area contributed by atoms with Crippen LogP contribution in [-0.4, -0.2) is 95.1 Å². The highest BCUT2D eigenvalue weighted by Crippen LogP contribution is 2.39. The number of ketones is 1. The number of alkyl carbamates (subject to hydrolysis) is 1. The molecule has 4 aromatic rings. The molecule has 4 atom stereocenters. The van der Waals surface area contributed by atoms with E-state index in [1.807, 2.05) is 70.8 Å². The summed E-state index contributed by atoms with van der Waals surface area (Å²) in [7, 11) is 4.46. The summed E-state index contributed by atoms with van der Waals surface area (Å²) in [6.45, 7) is 10.6. The van der Waals surface area contributed by atoms with E-state index in [0.717, 1.165) is 57.9 Å². The van der Waals surface area contributed by atoms with E-state index in [-0.39, 0.29) is 36.0 Å². The molecule has 0 radical (unpaired) electrons. The molecule has 3 N–H and O–H groups in total. The first-order valence-corrected chi connectivity index (χ1v) is 19.3. The van der Waals surface area contributed by atoms with Gasteiger partial charge in [-0.25, -0.2) is 14.8 Å². The van der Waals surface area contributed by atoms with E-state index in [1.165, 1.54) is 14.2 Å². The van der Waals surface area contributed by atoms with Gasteiger partial charge in [-0.2, -0.15) is 0 Å². The lowest BCUT2D eigenvalue weighted by atomic mass is 9.85. The monoisotopic (exact) mass is 767 g/mol. The Bertz CT molecular complexity index is 2050. The Morgan fingerprint density at radius 2 is 1.68 bits per heavy atom. The van der Waals surface area contributed by atoms with Crippen LogP contribution in [-0.2, 0) is 30.3 Å². The molecule has 14 heteroatoms. The van der Waals surface area contributed by atoms with E-state index in [2.05, 4.69) is 38.5 Å². The molecule has 2 aromatic heterocycles. The van der Waals surface area contributed by atoms with Crippen molar-refractivity contribution in [3.8, 4) is 39.4 Å². The molecule has 298 valence electrons. The van der Waals surface area contributed by atoms with Crippen molar-refractivity contribution in [2.24, 2.45) is 17.8 Å². The Morgan fingerprint density at radius 3 is 2.36 bits per heavy atom. The second-order valence-corrected chi connectivity index (χ2v) is 15.3. The van der Waals surface area contributed by atoms with Gasteiger partial charge in [0.25, 0.3) is 0 Å². The summed E-state index contributed by atoms with van der Waals surface area (Å²) in [4.78, 5) is 71.3. The zero-order chi connectivity index (χ0) is 40.3. The molecule has 1 saturated heterocycles. The number of likely N-dealkylation sites (N-methyl/N-ethyl adjacent to an activating group) is 1. The number of ether oxygens (including phenoxy) is 3. The van der Waals surface area contributed by atoms with Gasteiger partial charge in [-0.3, -0.25) is 14.4 Å². The van der Waals surface area contributed by atoms with Crippen molar-refractivity contribution in [2.45, 2.75) is 78.4 Å². The third-order valence-corrected chi connectivity index (χ3v) is 11.1. The predicted octanol–water partition coefficient (Wildman–Crippen LogP) is 6.34. The number of nitrogens with one attached hydrogen (secondary N) is 3. The van der Waals surface area contributed by atoms with E-state index < -0.39 is 30.1 Å². The number of Topliss-reactive ketones (excluding diaryl/α,β-unsaturated/α-hetero) is 1. The predicted molar refractivity (Wildman–Crippen MR) is 212 cm³/mol. The lowest BCUT2D eigenvalue weighted by molar-refractivity contribution is -0.144. The minimum Gasteiger partial charge on any atom is -0.492 e. The molecule has 0 spiro atoms. The number of aromatic nitrogens is 4. The normalized spacial score (nSPS) is 16.6. The topological polar surface area (TPSA) is 172 Å². The van der Waals surface area contributed by atoms with Crippen molar-refractivity contribution >= 4 is 29.7 Å². The Hall–Kier alpha value is -5.66. The molecule has 4 heterocycles. The molecule has 2 aromatic carbocycles. The molecule has 0 bridgehead atoms. The summed E-state index contributed by atoms with van der Waals surface area (Å²) >= 11 is 0.